The summed E-state index contributed by atoms with van der Waals surface area (Å²) >= 11 is 5.11. The normalized spacial score (nSPS) is 16.7. The van der Waals surface area contributed by atoms with Crippen molar-refractivity contribution in [3.8, 4) is 0 Å². The van der Waals surface area contributed by atoms with Crippen LogP contribution in [0.3, 0.4) is 0 Å². The van der Waals surface area contributed by atoms with Crippen LogP contribution >= 0.6 is 27.7 Å². The van der Waals surface area contributed by atoms with Gasteiger partial charge in [-0.3, -0.25) is 4.79 Å². The number of fused-ring (bicyclic) bond motifs is 1. The Balaban J connectivity index is 2.22. The number of aromatic amines is 1. The van der Waals surface area contributed by atoms with Crippen LogP contribution in [0.25, 0.3) is 10.9 Å². The number of hydrogen-bond acceptors (Lipinski definition) is 2. The van der Waals surface area contributed by atoms with Gasteiger partial charge in [-0.25, -0.2) is 4.39 Å². The van der Waals surface area contributed by atoms with Gasteiger partial charge in [-0.1, -0.05) is 0 Å². The first-order valence-corrected chi connectivity index (χ1v) is 8.41. The van der Waals surface area contributed by atoms with Crippen LogP contribution in [-0.4, -0.2) is 22.4 Å². The summed E-state index contributed by atoms with van der Waals surface area (Å²) < 4.78 is 14.7. The van der Waals surface area contributed by atoms with Crippen LogP contribution in [0, 0.1) is 5.82 Å². The molecule has 3 N–H and O–H groups in total. The van der Waals surface area contributed by atoms with Crippen LogP contribution in [0.5, 0.6) is 0 Å². The first-order valence-electron chi connectivity index (χ1n) is 6.46. The molecule has 0 bridgehead atoms. The van der Waals surface area contributed by atoms with Crippen LogP contribution < -0.4 is 5.73 Å². The monoisotopic (exact) mass is 356 g/mol. The molecule has 2 aromatic rings. The minimum Gasteiger partial charge on any atom is -0.366 e. The Kier molecular flexibility index (Phi) is 3.77. The molecule has 20 heavy (non-hydrogen) atoms. The summed E-state index contributed by atoms with van der Waals surface area (Å²) in [6.07, 6.45) is 3.90. The highest BCUT2D eigenvalue weighted by molar-refractivity contribution is 9.10. The molecule has 6 heteroatoms. The van der Waals surface area contributed by atoms with Crippen molar-refractivity contribution in [1.29, 1.82) is 0 Å². The SMILES string of the molecule is NC(=O)c1cc(Br)c(F)c2c(C3CCSCC3)c[nH]c12. The van der Waals surface area contributed by atoms with Crippen molar-refractivity contribution < 1.29 is 9.18 Å². The molecule has 1 aromatic carbocycles. The maximum atomic E-state index is 14.5. The number of primary amides is 1. The van der Waals surface area contributed by atoms with Crippen LogP contribution in [0.2, 0.25) is 0 Å². The van der Waals surface area contributed by atoms with E-state index in [4.69, 9.17) is 5.73 Å². The van der Waals surface area contributed by atoms with Gasteiger partial charge in [0.25, 0.3) is 5.91 Å². The van der Waals surface area contributed by atoms with Gasteiger partial charge < -0.3 is 10.7 Å². The maximum Gasteiger partial charge on any atom is 0.250 e. The van der Waals surface area contributed by atoms with Crippen molar-refractivity contribution in [1.82, 2.24) is 4.98 Å². The predicted molar refractivity (Wildman–Crippen MR) is 83.8 cm³/mol. The van der Waals surface area contributed by atoms with Crippen LogP contribution in [0.1, 0.15) is 34.7 Å². The molecule has 1 aliphatic rings. The summed E-state index contributed by atoms with van der Waals surface area (Å²) in [6, 6.07) is 1.44. The third-order valence-corrected chi connectivity index (χ3v) is 5.43. The van der Waals surface area contributed by atoms with Gasteiger partial charge in [-0.15, -0.1) is 0 Å². The molecule has 1 fully saturated rings. The summed E-state index contributed by atoms with van der Waals surface area (Å²) in [4.78, 5) is 14.6. The molecule has 0 radical (unpaired) electrons. The van der Waals surface area contributed by atoms with Gasteiger partial charge in [-0.05, 0) is 57.8 Å². The number of nitrogens with two attached hydrogens (primary N) is 1. The Morgan fingerprint density at radius 3 is 2.80 bits per heavy atom. The Labute approximate surface area is 128 Å². The van der Waals surface area contributed by atoms with Crippen molar-refractivity contribution in [2.45, 2.75) is 18.8 Å². The van der Waals surface area contributed by atoms with E-state index in [9.17, 15) is 9.18 Å². The third-order valence-electron chi connectivity index (χ3n) is 3.81. The first kappa shape index (κ1) is 13.9. The average molecular weight is 357 g/mol. The van der Waals surface area contributed by atoms with E-state index < -0.39 is 5.91 Å². The number of amides is 1. The smallest absolute Gasteiger partial charge is 0.250 e. The third kappa shape index (κ3) is 2.24. The highest BCUT2D eigenvalue weighted by atomic mass is 79.9. The molecule has 0 saturated carbocycles. The van der Waals surface area contributed by atoms with Gasteiger partial charge >= 0.3 is 0 Å². The zero-order valence-electron chi connectivity index (χ0n) is 10.7. The molecule has 3 nitrogen and oxygen atoms in total. The summed E-state index contributed by atoms with van der Waals surface area (Å²) in [7, 11) is 0. The van der Waals surface area contributed by atoms with E-state index in [0.717, 1.165) is 29.9 Å². The molecule has 1 aromatic heterocycles. The number of halogens is 2. The number of H-pyrrole nitrogens is 1. The van der Waals surface area contributed by atoms with Gasteiger partial charge in [0.1, 0.15) is 5.82 Å². The lowest BCUT2D eigenvalue weighted by atomic mass is 9.92. The molecule has 0 spiro atoms. The quantitative estimate of drug-likeness (QED) is 0.859. The maximum absolute atomic E-state index is 14.5. The first-order chi connectivity index (χ1) is 9.59. The van der Waals surface area contributed by atoms with E-state index in [1.807, 2.05) is 18.0 Å². The molecule has 2 heterocycles. The fourth-order valence-corrected chi connectivity index (χ4v) is 4.33. The average Bonchev–Trinajstić information content (AvgIpc) is 2.88. The number of benzene rings is 1. The van der Waals surface area contributed by atoms with E-state index in [1.165, 1.54) is 6.07 Å². The highest BCUT2D eigenvalue weighted by Crippen LogP contribution is 2.39. The van der Waals surface area contributed by atoms with Crippen molar-refractivity contribution >= 4 is 44.5 Å². The van der Waals surface area contributed by atoms with E-state index in [2.05, 4.69) is 20.9 Å². The summed E-state index contributed by atoms with van der Waals surface area (Å²) in [5, 5.41) is 0.505. The van der Waals surface area contributed by atoms with E-state index >= 15 is 0 Å². The Hall–Kier alpha value is -1.01. The van der Waals surface area contributed by atoms with E-state index in [1.54, 1.807) is 0 Å². The second-order valence-corrected chi connectivity index (χ2v) is 7.04. The molecule has 0 aliphatic carbocycles. The van der Waals surface area contributed by atoms with Crippen molar-refractivity contribution in [2.75, 3.05) is 11.5 Å². The number of thioether (sulfide) groups is 1. The number of nitrogens with one attached hydrogen (secondary N) is 1. The highest BCUT2D eigenvalue weighted by Gasteiger charge is 2.24. The molecule has 0 unspecified atom stereocenters. The Morgan fingerprint density at radius 1 is 1.45 bits per heavy atom. The van der Waals surface area contributed by atoms with Crippen molar-refractivity contribution in [3.63, 3.8) is 0 Å². The lowest BCUT2D eigenvalue weighted by Crippen LogP contribution is -2.12. The van der Waals surface area contributed by atoms with Gasteiger partial charge in [0.05, 0.1) is 15.6 Å². The summed E-state index contributed by atoms with van der Waals surface area (Å²) in [5.41, 5.74) is 7.17. The van der Waals surface area contributed by atoms with Crippen molar-refractivity contribution in [2.24, 2.45) is 5.73 Å². The van der Waals surface area contributed by atoms with Gasteiger partial charge in [-0.2, -0.15) is 11.8 Å². The van der Waals surface area contributed by atoms with E-state index in [0.29, 0.717) is 22.4 Å². The van der Waals surface area contributed by atoms with E-state index in [-0.39, 0.29) is 10.3 Å². The van der Waals surface area contributed by atoms with Crippen LogP contribution in [0.15, 0.2) is 16.7 Å². The molecule has 106 valence electrons. The Morgan fingerprint density at radius 2 is 2.15 bits per heavy atom. The minimum absolute atomic E-state index is 0.282. The summed E-state index contributed by atoms with van der Waals surface area (Å²) in [5.74, 6) is 1.66. The Bertz CT molecular complexity index is 679. The largest absolute Gasteiger partial charge is 0.366 e. The van der Waals surface area contributed by atoms with Crippen molar-refractivity contribution in [3.05, 3.63) is 33.7 Å². The number of aromatic nitrogens is 1. The fourth-order valence-electron chi connectivity index (χ4n) is 2.79. The second kappa shape index (κ2) is 5.41. The number of hydrogen-bond donors (Lipinski definition) is 2. The van der Waals surface area contributed by atoms with Gasteiger partial charge in [0.2, 0.25) is 0 Å². The van der Waals surface area contributed by atoms with Crippen LogP contribution in [-0.2, 0) is 0 Å². The lowest BCUT2D eigenvalue weighted by molar-refractivity contribution is 0.100. The molecular weight excluding hydrogens is 343 g/mol. The minimum atomic E-state index is -0.553. The topological polar surface area (TPSA) is 58.9 Å². The lowest BCUT2D eigenvalue weighted by Gasteiger charge is -2.21. The fraction of sp³-hybridized carbons (Fsp3) is 0.357. The summed E-state index contributed by atoms with van der Waals surface area (Å²) in [6.45, 7) is 0. The predicted octanol–water partition coefficient (Wildman–Crippen LogP) is 3.78. The number of rotatable bonds is 2. The molecule has 0 atom stereocenters. The second-order valence-electron chi connectivity index (χ2n) is 4.96. The van der Waals surface area contributed by atoms with Gasteiger partial charge in [0.15, 0.2) is 0 Å². The molecule has 3 rings (SSSR count). The number of carbonyl (C=O) groups excluding carboxylic acids is 1. The number of carbonyl (C=O) groups is 1. The zero-order chi connectivity index (χ0) is 14.3. The molecule has 1 aliphatic heterocycles. The zero-order valence-corrected chi connectivity index (χ0v) is 13.1. The molecule has 1 saturated heterocycles. The molecule has 1 amide bonds. The molecular formula is C14H14BrFN2OS. The van der Waals surface area contributed by atoms with Crippen LogP contribution in [0.4, 0.5) is 4.39 Å². The standard InChI is InChI=1S/C14H14BrFN2OS/c15-10-5-8(14(17)19)13-11(12(10)16)9(6-18-13)7-1-3-20-4-2-7/h5-7,18H,1-4H2,(H2,17,19). The van der Waals surface area contributed by atoms with Gasteiger partial charge in [0, 0.05) is 11.6 Å².